The average molecular weight is 350 g/mol. The normalized spacial score (nSPS) is 12.9. The predicted molar refractivity (Wildman–Crippen MR) is 83.5 cm³/mol. The van der Waals surface area contributed by atoms with Crippen LogP contribution in [0, 0.1) is 0 Å². The summed E-state index contributed by atoms with van der Waals surface area (Å²) in [5.74, 6) is 1.53. The van der Waals surface area contributed by atoms with Crippen LogP contribution in [0.2, 0.25) is 0 Å². The maximum atomic E-state index is 10.1. The molecule has 0 radical (unpaired) electrons. The lowest BCUT2D eigenvalue weighted by atomic mass is 10.1. The van der Waals surface area contributed by atoms with Crippen molar-refractivity contribution in [1.29, 1.82) is 0 Å². The van der Waals surface area contributed by atoms with Gasteiger partial charge in [-0.2, -0.15) is 0 Å². The van der Waals surface area contributed by atoms with Crippen molar-refractivity contribution in [1.82, 2.24) is 4.90 Å². The van der Waals surface area contributed by atoms with E-state index in [9.17, 15) is 5.11 Å². The highest BCUT2D eigenvalue weighted by atomic mass is 79.9. The zero-order valence-electron chi connectivity index (χ0n) is 11.7. The Morgan fingerprint density at radius 1 is 1.10 bits per heavy atom. The molecule has 0 amide bonds. The maximum Gasteiger partial charge on any atom is 0.231 e. The smallest absolute Gasteiger partial charge is 0.231 e. The third kappa shape index (κ3) is 3.14. The van der Waals surface area contributed by atoms with Crippen LogP contribution in [-0.2, 0) is 13.1 Å². The lowest BCUT2D eigenvalue weighted by Crippen LogP contribution is -2.17. The second-order valence-electron chi connectivity index (χ2n) is 5.10. The third-order valence-electron chi connectivity index (χ3n) is 3.41. The van der Waals surface area contributed by atoms with E-state index < -0.39 is 0 Å². The highest BCUT2D eigenvalue weighted by molar-refractivity contribution is 9.10. The van der Waals surface area contributed by atoms with Gasteiger partial charge in [-0.05, 0) is 24.7 Å². The summed E-state index contributed by atoms with van der Waals surface area (Å²) in [5.41, 5.74) is 2.04. The van der Waals surface area contributed by atoms with Gasteiger partial charge in [-0.25, -0.2) is 0 Å². The predicted octanol–water partition coefficient (Wildman–Crippen LogP) is 3.52. The fourth-order valence-electron chi connectivity index (χ4n) is 2.36. The van der Waals surface area contributed by atoms with Gasteiger partial charge < -0.3 is 14.6 Å². The van der Waals surface area contributed by atoms with Gasteiger partial charge in [0.25, 0.3) is 0 Å². The highest BCUT2D eigenvalue weighted by Crippen LogP contribution is 2.38. The number of phenols is 1. The first-order valence-corrected chi connectivity index (χ1v) is 7.46. The molecule has 0 spiro atoms. The van der Waals surface area contributed by atoms with Crippen molar-refractivity contribution in [2.24, 2.45) is 0 Å². The maximum absolute atomic E-state index is 10.1. The molecule has 1 aliphatic rings. The molecule has 0 aromatic heterocycles. The van der Waals surface area contributed by atoms with Crippen molar-refractivity contribution in [3.05, 3.63) is 52.0 Å². The van der Waals surface area contributed by atoms with Crippen LogP contribution in [-0.4, -0.2) is 23.8 Å². The number of fused-ring (bicyclic) bond motifs is 1. The summed E-state index contributed by atoms with van der Waals surface area (Å²) in [4.78, 5) is 2.14. The minimum atomic E-state index is 0.213. The molecular weight excluding hydrogens is 334 g/mol. The van der Waals surface area contributed by atoms with Gasteiger partial charge in [0.1, 0.15) is 5.75 Å². The standard InChI is InChI=1S/C16H16BrNO3/c1-18(8-11-4-2-3-5-13(11)17)9-12-6-15-16(7-14(12)19)21-10-20-15/h2-7,19H,8-10H2,1H3. The van der Waals surface area contributed by atoms with E-state index in [1.165, 1.54) is 5.56 Å². The van der Waals surface area contributed by atoms with Crippen LogP contribution in [0.5, 0.6) is 17.2 Å². The molecule has 2 aromatic carbocycles. The van der Waals surface area contributed by atoms with Crippen molar-refractivity contribution in [3.8, 4) is 17.2 Å². The van der Waals surface area contributed by atoms with Crippen molar-refractivity contribution >= 4 is 15.9 Å². The van der Waals surface area contributed by atoms with E-state index >= 15 is 0 Å². The van der Waals surface area contributed by atoms with Gasteiger partial charge >= 0.3 is 0 Å². The zero-order chi connectivity index (χ0) is 14.8. The van der Waals surface area contributed by atoms with Crippen LogP contribution < -0.4 is 9.47 Å². The van der Waals surface area contributed by atoms with Crippen LogP contribution in [0.25, 0.3) is 0 Å². The largest absolute Gasteiger partial charge is 0.507 e. The third-order valence-corrected chi connectivity index (χ3v) is 4.19. The second-order valence-corrected chi connectivity index (χ2v) is 5.95. The molecule has 1 aliphatic heterocycles. The summed E-state index contributed by atoms with van der Waals surface area (Å²) in [6, 6.07) is 11.6. The Morgan fingerprint density at radius 3 is 2.52 bits per heavy atom. The van der Waals surface area contributed by atoms with Crippen LogP contribution in [0.1, 0.15) is 11.1 Å². The molecule has 5 heteroatoms. The van der Waals surface area contributed by atoms with Gasteiger partial charge in [0.05, 0.1) is 0 Å². The average Bonchev–Trinajstić information content (AvgIpc) is 2.89. The van der Waals surface area contributed by atoms with Crippen molar-refractivity contribution in [2.45, 2.75) is 13.1 Å². The van der Waals surface area contributed by atoms with E-state index in [0.717, 1.165) is 16.6 Å². The van der Waals surface area contributed by atoms with Crippen LogP contribution in [0.3, 0.4) is 0 Å². The van der Waals surface area contributed by atoms with Crippen LogP contribution in [0.4, 0.5) is 0 Å². The Balaban J connectivity index is 1.73. The summed E-state index contributed by atoms with van der Waals surface area (Å²) in [6.07, 6.45) is 0. The van der Waals surface area contributed by atoms with E-state index in [1.807, 2.05) is 31.3 Å². The zero-order valence-corrected chi connectivity index (χ0v) is 13.3. The Labute approximate surface area is 132 Å². The molecule has 0 saturated carbocycles. The highest BCUT2D eigenvalue weighted by Gasteiger charge is 2.17. The molecule has 1 heterocycles. The van der Waals surface area contributed by atoms with E-state index in [4.69, 9.17) is 9.47 Å². The second kappa shape index (κ2) is 5.95. The Morgan fingerprint density at radius 2 is 1.76 bits per heavy atom. The van der Waals surface area contributed by atoms with Crippen molar-refractivity contribution < 1.29 is 14.6 Å². The number of benzene rings is 2. The molecule has 0 atom stereocenters. The molecule has 4 nitrogen and oxygen atoms in total. The first kappa shape index (κ1) is 14.2. The van der Waals surface area contributed by atoms with Gasteiger partial charge in [0.15, 0.2) is 11.5 Å². The molecule has 2 aromatic rings. The monoisotopic (exact) mass is 349 g/mol. The van der Waals surface area contributed by atoms with Gasteiger partial charge in [0.2, 0.25) is 6.79 Å². The lowest BCUT2D eigenvalue weighted by molar-refractivity contribution is 0.174. The number of phenolic OH excluding ortho intramolecular Hbond substituents is 1. The fraction of sp³-hybridized carbons (Fsp3) is 0.250. The van der Waals surface area contributed by atoms with E-state index in [0.29, 0.717) is 18.0 Å². The van der Waals surface area contributed by atoms with Gasteiger partial charge in [-0.1, -0.05) is 34.1 Å². The topological polar surface area (TPSA) is 41.9 Å². The molecule has 0 saturated heterocycles. The lowest BCUT2D eigenvalue weighted by Gasteiger charge is -2.18. The summed E-state index contributed by atoms with van der Waals surface area (Å²) >= 11 is 3.55. The molecule has 110 valence electrons. The van der Waals surface area contributed by atoms with Gasteiger partial charge in [-0.3, -0.25) is 4.90 Å². The summed E-state index contributed by atoms with van der Waals surface area (Å²) in [7, 11) is 2.02. The van der Waals surface area contributed by atoms with Crippen LogP contribution >= 0.6 is 15.9 Å². The van der Waals surface area contributed by atoms with Crippen molar-refractivity contribution in [3.63, 3.8) is 0 Å². The Kier molecular flexibility index (Phi) is 4.03. The van der Waals surface area contributed by atoms with E-state index in [2.05, 4.69) is 26.9 Å². The summed E-state index contributed by atoms with van der Waals surface area (Å²) in [6.45, 7) is 1.63. The minimum Gasteiger partial charge on any atom is -0.507 e. The Hall–Kier alpha value is -1.72. The molecule has 0 fully saturated rings. The van der Waals surface area contributed by atoms with Gasteiger partial charge in [-0.15, -0.1) is 0 Å². The van der Waals surface area contributed by atoms with Crippen molar-refractivity contribution in [2.75, 3.05) is 13.8 Å². The summed E-state index contributed by atoms with van der Waals surface area (Å²) in [5, 5.41) is 10.1. The molecule has 3 rings (SSSR count). The minimum absolute atomic E-state index is 0.213. The SMILES string of the molecule is CN(Cc1cc2c(cc1O)OCO2)Cc1ccccc1Br. The fourth-order valence-corrected chi connectivity index (χ4v) is 2.77. The summed E-state index contributed by atoms with van der Waals surface area (Å²) < 4.78 is 11.7. The molecule has 0 aliphatic carbocycles. The number of nitrogens with zero attached hydrogens (tertiary/aromatic N) is 1. The molecule has 0 bridgehead atoms. The molecule has 0 unspecified atom stereocenters. The van der Waals surface area contributed by atoms with E-state index in [-0.39, 0.29) is 12.5 Å². The first-order chi connectivity index (χ1) is 10.1. The van der Waals surface area contributed by atoms with Crippen LogP contribution in [0.15, 0.2) is 40.9 Å². The number of hydrogen-bond acceptors (Lipinski definition) is 4. The molecule has 1 N–H and O–H groups in total. The first-order valence-electron chi connectivity index (χ1n) is 6.67. The number of ether oxygens (including phenoxy) is 2. The van der Waals surface area contributed by atoms with Gasteiger partial charge in [0, 0.05) is 29.2 Å². The van der Waals surface area contributed by atoms with E-state index in [1.54, 1.807) is 6.07 Å². The number of halogens is 1. The number of aromatic hydroxyl groups is 1. The Bertz CT molecular complexity index is 660. The molecular formula is C16H16BrNO3. The number of rotatable bonds is 4. The number of hydrogen-bond donors (Lipinski definition) is 1. The molecule has 21 heavy (non-hydrogen) atoms. The quantitative estimate of drug-likeness (QED) is 0.916.